The number of fused-ring (bicyclic) bond motifs is 3. The number of ketones is 1. The summed E-state index contributed by atoms with van der Waals surface area (Å²) in [7, 11) is 0. The van der Waals surface area contributed by atoms with Gasteiger partial charge < -0.3 is 20.3 Å². The standard InChI is InChI=1S/C36H38BrN9O5/c1-20(47)31-24-11-25(23-14-38-21(2)39-15-23)40-16-27(24)45(44-31)17-30(48)46-26-12-36(13-28(36)46)19-41-34(50)35(3,4)9-5-6-10-51-18-22-7-8-29(37)42-32(22)43-33(26)49/h5-8,11,14-16,26,28H,9-10,12-13,17-19H2,1-4H3,(H,41,50)(H,42,43,49)/t26-,28+,36-/m0/s1. The monoisotopic (exact) mass is 755 g/mol. The van der Waals surface area contributed by atoms with Crippen LogP contribution in [0.3, 0.4) is 0 Å². The number of nitrogens with one attached hydrogen (secondary N) is 2. The van der Waals surface area contributed by atoms with Crippen LogP contribution in [0.5, 0.6) is 0 Å². The normalized spacial score (nSPS) is 23.2. The first-order valence-electron chi connectivity index (χ1n) is 16.8. The van der Waals surface area contributed by atoms with Crippen molar-refractivity contribution in [3.05, 3.63) is 70.6 Å². The number of rotatable bonds is 4. The summed E-state index contributed by atoms with van der Waals surface area (Å²) in [6, 6.07) is 4.23. The number of ether oxygens (including phenoxy) is 1. The minimum Gasteiger partial charge on any atom is -0.373 e. The molecule has 7 rings (SSSR count). The van der Waals surface area contributed by atoms with Crippen LogP contribution >= 0.6 is 15.9 Å². The van der Waals surface area contributed by atoms with E-state index in [1.807, 2.05) is 32.1 Å². The molecule has 51 heavy (non-hydrogen) atoms. The lowest BCUT2D eigenvalue weighted by Gasteiger charge is -2.27. The Hall–Kier alpha value is -4.89. The average Bonchev–Trinajstić information content (AvgIpc) is 3.51. The fourth-order valence-electron chi connectivity index (χ4n) is 6.97. The highest BCUT2D eigenvalue weighted by molar-refractivity contribution is 9.10. The number of likely N-dealkylation sites (tertiary alicyclic amines) is 1. The highest BCUT2D eigenvalue weighted by atomic mass is 79.9. The fourth-order valence-corrected chi connectivity index (χ4v) is 7.28. The Morgan fingerprint density at radius 2 is 1.86 bits per heavy atom. The average molecular weight is 757 g/mol. The van der Waals surface area contributed by atoms with E-state index in [-0.39, 0.29) is 48.4 Å². The first kappa shape index (κ1) is 34.6. The number of aryl methyl sites for hydroxylation is 1. The van der Waals surface area contributed by atoms with E-state index >= 15 is 0 Å². The van der Waals surface area contributed by atoms with Gasteiger partial charge in [0, 0.05) is 59.2 Å². The molecule has 0 radical (unpaired) electrons. The van der Waals surface area contributed by atoms with Crippen molar-refractivity contribution in [2.45, 2.75) is 72.2 Å². The van der Waals surface area contributed by atoms with Gasteiger partial charge in [-0.2, -0.15) is 5.10 Å². The van der Waals surface area contributed by atoms with E-state index in [0.29, 0.717) is 76.4 Å². The summed E-state index contributed by atoms with van der Waals surface area (Å²) in [5.41, 5.74) is 1.49. The van der Waals surface area contributed by atoms with E-state index in [9.17, 15) is 19.2 Å². The molecule has 1 saturated heterocycles. The smallest absolute Gasteiger partial charge is 0.248 e. The van der Waals surface area contributed by atoms with Gasteiger partial charge in [0.25, 0.3) is 0 Å². The van der Waals surface area contributed by atoms with Crippen molar-refractivity contribution >= 4 is 56.2 Å². The van der Waals surface area contributed by atoms with E-state index in [0.717, 1.165) is 0 Å². The Bertz CT molecular complexity index is 2100. The molecule has 4 aromatic rings. The van der Waals surface area contributed by atoms with Crippen LogP contribution in [0.25, 0.3) is 22.2 Å². The Kier molecular flexibility index (Phi) is 9.04. The lowest BCUT2D eigenvalue weighted by Crippen LogP contribution is -2.47. The number of anilines is 1. The van der Waals surface area contributed by atoms with Crippen LogP contribution in [0.2, 0.25) is 0 Å². The summed E-state index contributed by atoms with van der Waals surface area (Å²) in [5.74, 6) is -0.142. The molecule has 2 aliphatic heterocycles. The Morgan fingerprint density at radius 3 is 2.63 bits per heavy atom. The van der Waals surface area contributed by atoms with Crippen molar-refractivity contribution in [2.24, 2.45) is 10.8 Å². The number of hydrogen-bond donors (Lipinski definition) is 2. The van der Waals surface area contributed by atoms with Crippen LogP contribution in [-0.2, 0) is 32.3 Å². The fraction of sp³-hybridized carbons (Fsp3) is 0.417. The zero-order chi connectivity index (χ0) is 36.1. The predicted molar refractivity (Wildman–Crippen MR) is 190 cm³/mol. The number of hydrogen-bond acceptors (Lipinski definition) is 10. The Balaban J connectivity index is 1.21. The van der Waals surface area contributed by atoms with Crippen molar-refractivity contribution in [3.63, 3.8) is 0 Å². The molecule has 1 aliphatic carbocycles. The van der Waals surface area contributed by atoms with Gasteiger partial charge in [-0.05, 0) is 54.2 Å². The number of carbonyl (C=O) groups excluding carboxylic acids is 4. The highest BCUT2D eigenvalue weighted by Gasteiger charge is 2.67. The number of nitrogens with zero attached hydrogens (tertiary/aromatic N) is 7. The van der Waals surface area contributed by atoms with Crippen LogP contribution < -0.4 is 10.6 Å². The number of aromatic nitrogens is 6. The maximum absolute atomic E-state index is 14.3. The van der Waals surface area contributed by atoms with Crippen molar-refractivity contribution in [1.82, 2.24) is 39.9 Å². The molecule has 3 amide bonds. The SMILES string of the molecule is CC(=O)c1nn(CC(=O)N2[C@H]3C[C@@]4(CNC(=O)C(C)(C)CC=CCOCc5ccc(Br)nc5NC3=O)C[C@@H]24)c2cnc(-c3cnc(C)nc3)cc12. The summed E-state index contributed by atoms with van der Waals surface area (Å²) in [6.45, 7) is 7.61. The van der Waals surface area contributed by atoms with Gasteiger partial charge in [-0.3, -0.25) is 28.8 Å². The lowest BCUT2D eigenvalue weighted by atomic mass is 9.87. The molecular weight excluding hydrogens is 718 g/mol. The second-order valence-electron chi connectivity index (χ2n) is 14.2. The number of amides is 3. The van der Waals surface area contributed by atoms with Gasteiger partial charge in [-0.15, -0.1) is 0 Å². The van der Waals surface area contributed by atoms with Crippen LogP contribution in [0.1, 0.15) is 61.9 Å². The van der Waals surface area contributed by atoms with Crippen LogP contribution in [0.15, 0.2) is 53.5 Å². The van der Waals surface area contributed by atoms with E-state index in [2.05, 4.69) is 51.6 Å². The third-order valence-corrected chi connectivity index (χ3v) is 10.5. The largest absolute Gasteiger partial charge is 0.373 e. The van der Waals surface area contributed by atoms with E-state index in [1.165, 1.54) is 11.6 Å². The van der Waals surface area contributed by atoms with Crippen LogP contribution in [-0.4, -0.2) is 83.4 Å². The molecule has 2 fully saturated rings. The third kappa shape index (κ3) is 6.79. The van der Waals surface area contributed by atoms with Crippen molar-refractivity contribution in [2.75, 3.05) is 18.5 Å². The van der Waals surface area contributed by atoms with Crippen molar-refractivity contribution in [1.29, 1.82) is 0 Å². The van der Waals surface area contributed by atoms with Gasteiger partial charge in [0.05, 0.1) is 30.6 Å². The number of Topliss-reactive ketones (excluding diaryl/α,β-unsaturated/α-hetero) is 1. The van der Waals surface area contributed by atoms with Gasteiger partial charge in [0.1, 0.15) is 34.5 Å². The predicted octanol–water partition coefficient (Wildman–Crippen LogP) is 4.17. The molecule has 264 valence electrons. The summed E-state index contributed by atoms with van der Waals surface area (Å²) in [5, 5.41) is 11.2. The number of pyridine rings is 2. The maximum Gasteiger partial charge on any atom is 0.248 e. The van der Waals surface area contributed by atoms with Gasteiger partial charge in [0.2, 0.25) is 17.7 Å². The van der Waals surface area contributed by atoms with Crippen molar-refractivity contribution in [3.8, 4) is 11.3 Å². The van der Waals surface area contributed by atoms with Crippen LogP contribution in [0, 0.1) is 17.8 Å². The first-order valence-corrected chi connectivity index (χ1v) is 17.6. The molecule has 3 atom stereocenters. The highest BCUT2D eigenvalue weighted by Crippen LogP contribution is 2.59. The second-order valence-corrected chi connectivity index (χ2v) is 15.0. The zero-order valence-corrected chi connectivity index (χ0v) is 30.4. The number of carbonyl (C=O) groups is 4. The second kappa shape index (κ2) is 13.3. The number of piperidine rings is 1. The van der Waals surface area contributed by atoms with E-state index in [1.54, 1.807) is 42.5 Å². The number of allylic oxidation sites excluding steroid dienone is 1. The summed E-state index contributed by atoms with van der Waals surface area (Å²) < 4.78 is 7.86. The van der Waals surface area contributed by atoms with Crippen LogP contribution in [0.4, 0.5) is 5.82 Å². The van der Waals surface area contributed by atoms with Gasteiger partial charge in [0.15, 0.2) is 5.78 Å². The van der Waals surface area contributed by atoms with Gasteiger partial charge >= 0.3 is 0 Å². The van der Waals surface area contributed by atoms with Gasteiger partial charge in [-0.25, -0.2) is 15.0 Å². The molecule has 14 nitrogen and oxygen atoms in total. The summed E-state index contributed by atoms with van der Waals surface area (Å²) >= 11 is 3.40. The quantitative estimate of drug-likeness (QED) is 0.175. The molecule has 2 bridgehead atoms. The topological polar surface area (TPSA) is 174 Å². The molecular formula is C36H38BrN9O5. The minimum atomic E-state index is -0.839. The molecule has 0 aromatic carbocycles. The molecule has 6 heterocycles. The van der Waals surface area contributed by atoms with E-state index in [4.69, 9.17) is 4.74 Å². The van der Waals surface area contributed by atoms with Crippen molar-refractivity contribution < 1.29 is 23.9 Å². The molecule has 1 saturated carbocycles. The molecule has 15 heteroatoms. The maximum atomic E-state index is 14.3. The number of halogens is 1. The molecule has 3 aliphatic rings. The summed E-state index contributed by atoms with van der Waals surface area (Å²) in [6.07, 6.45) is 10.2. The minimum absolute atomic E-state index is 0.103. The van der Waals surface area contributed by atoms with E-state index < -0.39 is 16.9 Å². The first-order chi connectivity index (χ1) is 24.3. The Morgan fingerprint density at radius 1 is 1.08 bits per heavy atom. The molecule has 4 aromatic heterocycles. The molecule has 2 N–H and O–H groups in total. The zero-order valence-electron chi connectivity index (χ0n) is 28.8. The third-order valence-electron chi connectivity index (χ3n) is 10.0. The molecule has 1 spiro atoms. The molecule has 0 unspecified atom stereocenters. The van der Waals surface area contributed by atoms with Gasteiger partial charge in [-0.1, -0.05) is 32.1 Å². The summed E-state index contributed by atoms with van der Waals surface area (Å²) in [4.78, 5) is 73.7. The Labute approximate surface area is 302 Å². The lowest BCUT2D eigenvalue weighted by molar-refractivity contribution is -0.138.